The molecule has 1 fully saturated rings. The molecular weight excluding hydrogens is 323 g/mol. The van der Waals surface area contributed by atoms with E-state index in [9.17, 15) is 18.0 Å². The number of amides is 1. The Morgan fingerprint density at radius 1 is 1.33 bits per heavy atom. The van der Waals surface area contributed by atoms with Gasteiger partial charge in [0.05, 0.1) is 12.2 Å². The maximum absolute atomic E-state index is 12.3. The Bertz CT molecular complexity index is 530. The summed E-state index contributed by atoms with van der Waals surface area (Å²) in [6.07, 6.45) is -1.84. The third-order valence-corrected chi connectivity index (χ3v) is 4.48. The van der Waals surface area contributed by atoms with Gasteiger partial charge in [-0.25, -0.2) is 0 Å². The first-order valence-electron chi connectivity index (χ1n) is 8.22. The summed E-state index contributed by atoms with van der Waals surface area (Å²) < 4.78 is 42.1. The fraction of sp³-hybridized carbons (Fsp3) is 0.750. The van der Waals surface area contributed by atoms with Gasteiger partial charge in [-0.2, -0.15) is 13.2 Å². The predicted molar refractivity (Wildman–Crippen MR) is 82.5 cm³/mol. The molecule has 1 saturated heterocycles. The topological polar surface area (TPSA) is 58.4 Å². The molecule has 0 saturated carbocycles. The largest absolute Gasteiger partial charge is 0.401 e. The van der Waals surface area contributed by atoms with Crippen LogP contribution >= 0.6 is 0 Å². The van der Waals surface area contributed by atoms with Gasteiger partial charge in [-0.15, -0.1) is 0 Å². The van der Waals surface area contributed by atoms with Crippen molar-refractivity contribution in [1.29, 1.82) is 0 Å². The number of hydrogen-bond donors (Lipinski definition) is 1. The molecule has 1 aliphatic heterocycles. The van der Waals surface area contributed by atoms with Crippen molar-refractivity contribution >= 4 is 5.91 Å². The van der Waals surface area contributed by atoms with E-state index in [1.807, 2.05) is 13.8 Å². The van der Waals surface area contributed by atoms with Crippen molar-refractivity contribution in [3.05, 3.63) is 17.0 Å². The number of rotatable bonds is 6. The molecule has 0 spiro atoms. The number of alkyl halides is 3. The summed E-state index contributed by atoms with van der Waals surface area (Å²) in [5.41, 5.74) is 1.77. The van der Waals surface area contributed by atoms with Crippen molar-refractivity contribution in [2.24, 2.45) is 5.92 Å². The summed E-state index contributed by atoms with van der Waals surface area (Å²) >= 11 is 0. The van der Waals surface area contributed by atoms with Gasteiger partial charge in [0.1, 0.15) is 5.76 Å². The molecule has 1 N–H and O–H groups in total. The molecule has 2 heterocycles. The third kappa shape index (κ3) is 5.81. The van der Waals surface area contributed by atoms with Crippen molar-refractivity contribution in [2.45, 2.75) is 45.7 Å². The van der Waals surface area contributed by atoms with E-state index in [4.69, 9.17) is 4.52 Å². The minimum Gasteiger partial charge on any atom is -0.361 e. The van der Waals surface area contributed by atoms with E-state index >= 15 is 0 Å². The molecule has 0 aromatic carbocycles. The van der Waals surface area contributed by atoms with E-state index < -0.39 is 12.7 Å². The molecule has 1 aliphatic rings. The molecule has 1 amide bonds. The van der Waals surface area contributed by atoms with Crippen LogP contribution in [0, 0.1) is 19.8 Å². The van der Waals surface area contributed by atoms with Crippen LogP contribution in [0.4, 0.5) is 13.2 Å². The standard InChI is InChI=1S/C16H24F3N3O2/c1-11-14(12(2)24-21-11)3-4-15(23)20-9-13-5-7-22(8-6-13)10-16(17,18)19/h13H,3-10H2,1-2H3,(H,20,23). The third-order valence-electron chi connectivity index (χ3n) is 4.48. The summed E-state index contributed by atoms with van der Waals surface area (Å²) in [4.78, 5) is 13.4. The van der Waals surface area contributed by atoms with Crippen LogP contribution in [0.15, 0.2) is 4.52 Å². The van der Waals surface area contributed by atoms with Crippen molar-refractivity contribution in [2.75, 3.05) is 26.2 Å². The number of carbonyl (C=O) groups is 1. The van der Waals surface area contributed by atoms with E-state index in [0.717, 1.165) is 17.0 Å². The Kier molecular flexibility index (Phi) is 6.26. The Balaban J connectivity index is 1.64. The lowest BCUT2D eigenvalue weighted by Crippen LogP contribution is -2.42. The number of piperidine rings is 1. The predicted octanol–water partition coefficient (Wildman–Crippen LogP) is 2.61. The average Bonchev–Trinajstić information content (AvgIpc) is 2.82. The molecule has 2 rings (SSSR count). The SMILES string of the molecule is Cc1noc(C)c1CCC(=O)NCC1CCN(CC(F)(F)F)CC1. The summed E-state index contributed by atoms with van der Waals surface area (Å²) in [6.45, 7) is 4.21. The van der Waals surface area contributed by atoms with Gasteiger partial charge in [-0.05, 0) is 52.1 Å². The summed E-state index contributed by atoms with van der Waals surface area (Å²) in [5.74, 6) is 0.933. The lowest BCUT2D eigenvalue weighted by molar-refractivity contribution is -0.148. The molecule has 0 atom stereocenters. The van der Waals surface area contributed by atoms with Gasteiger partial charge in [-0.1, -0.05) is 5.16 Å². The number of likely N-dealkylation sites (tertiary alicyclic amines) is 1. The molecule has 136 valence electrons. The number of aryl methyl sites for hydroxylation is 2. The van der Waals surface area contributed by atoms with Gasteiger partial charge < -0.3 is 9.84 Å². The van der Waals surface area contributed by atoms with Gasteiger partial charge in [0.25, 0.3) is 0 Å². The number of nitrogens with zero attached hydrogens (tertiary/aromatic N) is 2. The fourth-order valence-electron chi connectivity index (χ4n) is 3.05. The quantitative estimate of drug-likeness (QED) is 0.859. The van der Waals surface area contributed by atoms with E-state index in [1.54, 1.807) is 0 Å². The van der Waals surface area contributed by atoms with Gasteiger partial charge >= 0.3 is 6.18 Å². The first-order chi connectivity index (χ1) is 11.2. The number of nitrogens with one attached hydrogen (secondary N) is 1. The lowest BCUT2D eigenvalue weighted by atomic mass is 9.96. The maximum Gasteiger partial charge on any atom is 0.401 e. The van der Waals surface area contributed by atoms with E-state index in [-0.39, 0.29) is 11.8 Å². The van der Waals surface area contributed by atoms with Crippen molar-refractivity contribution < 1.29 is 22.5 Å². The summed E-state index contributed by atoms with van der Waals surface area (Å²) in [6, 6.07) is 0. The number of halogens is 3. The molecular formula is C16H24F3N3O2. The second-order valence-electron chi connectivity index (χ2n) is 6.44. The Labute approximate surface area is 139 Å². The van der Waals surface area contributed by atoms with Gasteiger partial charge in [-0.3, -0.25) is 9.69 Å². The fourth-order valence-corrected chi connectivity index (χ4v) is 3.05. The number of hydrogen-bond acceptors (Lipinski definition) is 4. The molecule has 0 radical (unpaired) electrons. The minimum atomic E-state index is -4.14. The number of aromatic nitrogens is 1. The monoisotopic (exact) mass is 347 g/mol. The van der Waals surface area contributed by atoms with Crippen molar-refractivity contribution in [1.82, 2.24) is 15.4 Å². The van der Waals surface area contributed by atoms with Crippen LogP contribution in [0.2, 0.25) is 0 Å². The highest BCUT2D eigenvalue weighted by molar-refractivity contribution is 5.76. The second-order valence-corrected chi connectivity index (χ2v) is 6.44. The Hall–Kier alpha value is -1.57. The van der Waals surface area contributed by atoms with Crippen LogP contribution in [0.25, 0.3) is 0 Å². The van der Waals surface area contributed by atoms with Crippen LogP contribution in [-0.2, 0) is 11.2 Å². The second kappa shape index (κ2) is 8.00. The zero-order chi connectivity index (χ0) is 17.7. The maximum atomic E-state index is 12.3. The van der Waals surface area contributed by atoms with Gasteiger partial charge in [0, 0.05) is 18.5 Å². The van der Waals surface area contributed by atoms with Crippen LogP contribution in [0.5, 0.6) is 0 Å². The number of carbonyl (C=O) groups excluding carboxylic acids is 1. The molecule has 8 heteroatoms. The zero-order valence-corrected chi connectivity index (χ0v) is 14.1. The molecule has 1 aromatic heterocycles. The average molecular weight is 347 g/mol. The minimum absolute atomic E-state index is 0.0484. The first-order valence-corrected chi connectivity index (χ1v) is 8.22. The highest BCUT2D eigenvalue weighted by atomic mass is 19.4. The van der Waals surface area contributed by atoms with Crippen LogP contribution in [0.3, 0.4) is 0 Å². The summed E-state index contributed by atoms with van der Waals surface area (Å²) in [7, 11) is 0. The zero-order valence-electron chi connectivity index (χ0n) is 14.1. The van der Waals surface area contributed by atoms with Crippen LogP contribution in [0.1, 0.15) is 36.3 Å². The normalized spacial score (nSPS) is 17.2. The first kappa shape index (κ1) is 18.8. The molecule has 1 aromatic rings. The highest BCUT2D eigenvalue weighted by Crippen LogP contribution is 2.22. The smallest absolute Gasteiger partial charge is 0.361 e. The van der Waals surface area contributed by atoms with Gasteiger partial charge in [0.15, 0.2) is 0 Å². The van der Waals surface area contributed by atoms with Gasteiger partial charge in [0.2, 0.25) is 5.91 Å². The highest BCUT2D eigenvalue weighted by Gasteiger charge is 2.32. The molecule has 0 aliphatic carbocycles. The molecule has 0 unspecified atom stereocenters. The molecule has 0 bridgehead atoms. The lowest BCUT2D eigenvalue weighted by Gasteiger charge is -2.32. The molecule has 24 heavy (non-hydrogen) atoms. The van der Waals surface area contributed by atoms with Crippen LogP contribution < -0.4 is 5.32 Å². The Morgan fingerprint density at radius 3 is 2.54 bits per heavy atom. The van der Waals surface area contributed by atoms with E-state index in [1.165, 1.54) is 4.90 Å². The van der Waals surface area contributed by atoms with E-state index in [2.05, 4.69) is 10.5 Å². The molecule has 5 nitrogen and oxygen atoms in total. The van der Waals surface area contributed by atoms with Crippen molar-refractivity contribution in [3.8, 4) is 0 Å². The van der Waals surface area contributed by atoms with E-state index in [0.29, 0.717) is 45.3 Å². The van der Waals surface area contributed by atoms with Crippen LogP contribution in [-0.4, -0.2) is 48.3 Å². The van der Waals surface area contributed by atoms with Crippen molar-refractivity contribution in [3.63, 3.8) is 0 Å². The summed E-state index contributed by atoms with van der Waals surface area (Å²) in [5, 5.41) is 6.74. The Morgan fingerprint density at radius 2 is 2.00 bits per heavy atom.